The molecule has 1 aromatic carbocycles. The molecule has 1 aromatic rings. The molecule has 2 nitrogen and oxygen atoms in total. The highest BCUT2D eigenvalue weighted by Crippen LogP contribution is 2.62. The summed E-state index contributed by atoms with van der Waals surface area (Å²) in [6.07, 6.45) is 10.0. The Bertz CT molecular complexity index is 645. The first-order valence-corrected chi connectivity index (χ1v) is 9.63. The van der Waals surface area contributed by atoms with E-state index >= 15 is 0 Å². The van der Waals surface area contributed by atoms with Crippen molar-refractivity contribution >= 4 is 6.21 Å². The Morgan fingerprint density at radius 1 is 1.04 bits per heavy atom. The van der Waals surface area contributed by atoms with E-state index in [9.17, 15) is 5.11 Å². The van der Waals surface area contributed by atoms with Crippen LogP contribution in [0.25, 0.3) is 0 Å². The van der Waals surface area contributed by atoms with E-state index in [1.165, 1.54) is 49.7 Å². The zero-order valence-corrected chi connectivity index (χ0v) is 15.6. The topological polar surface area (TPSA) is 32.6 Å². The van der Waals surface area contributed by atoms with E-state index in [4.69, 9.17) is 0 Å². The summed E-state index contributed by atoms with van der Waals surface area (Å²) in [5.41, 5.74) is 3.48. The maximum Gasteiger partial charge on any atom is 0.128 e. The van der Waals surface area contributed by atoms with Crippen LogP contribution in [0.4, 0.5) is 0 Å². The zero-order valence-electron chi connectivity index (χ0n) is 15.6. The number of aryl methyl sites for hydroxylation is 1. The molecule has 4 aliphatic rings. The molecule has 0 aromatic heterocycles. The van der Waals surface area contributed by atoms with Crippen molar-refractivity contribution < 1.29 is 5.11 Å². The predicted octanol–water partition coefficient (Wildman–Crippen LogP) is 5.39. The molecule has 0 unspecified atom stereocenters. The summed E-state index contributed by atoms with van der Waals surface area (Å²) in [5, 5.41) is 11.1. The number of hydrogen-bond acceptors (Lipinski definition) is 2. The first-order chi connectivity index (χ1) is 11.2. The molecule has 0 aliphatic heterocycles. The number of benzene rings is 1. The second kappa shape index (κ2) is 5.34. The Morgan fingerprint density at radius 2 is 1.58 bits per heavy atom. The summed E-state index contributed by atoms with van der Waals surface area (Å²) in [4.78, 5) is 4.63. The molecule has 0 atom stereocenters. The summed E-state index contributed by atoms with van der Waals surface area (Å²) in [5.74, 6) is 3.17. The van der Waals surface area contributed by atoms with Gasteiger partial charge in [-0.1, -0.05) is 6.07 Å². The van der Waals surface area contributed by atoms with E-state index in [1.807, 2.05) is 6.21 Å². The normalized spacial score (nSPS) is 35.1. The first kappa shape index (κ1) is 16.2. The lowest BCUT2D eigenvalue weighted by Gasteiger charge is -2.57. The van der Waals surface area contributed by atoms with Gasteiger partial charge in [-0.25, -0.2) is 0 Å². The van der Waals surface area contributed by atoms with Gasteiger partial charge in [0.1, 0.15) is 5.75 Å². The molecular formula is C22H31NO. The van der Waals surface area contributed by atoms with Crippen molar-refractivity contribution in [2.45, 2.75) is 77.2 Å². The number of phenolic OH excluding ortho intramolecular Hbond substituents is 1. The minimum Gasteiger partial charge on any atom is -0.507 e. The highest BCUT2D eigenvalue weighted by molar-refractivity contribution is 5.85. The highest BCUT2D eigenvalue weighted by Gasteiger charge is 2.52. The van der Waals surface area contributed by atoms with Gasteiger partial charge in [0.2, 0.25) is 0 Å². The minimum atomic E-state index is -0.114. The molecule has 0 heterocycles. The predicted molar refractivity (Wildman–Crippen MR) is 100 cm³/mol. The average Bonchev–Trinajstić information content (AvgIpc) is 2.45. The molecule has 0 radical (unpaired) electrons. The highest BCUT2D eigenvalue weighted by atomic mass is 16.3. The van der Waals surface area contributed by atoms with Crippen molar-refractivity contribution in [3.8, 4) is 5.75 Å². The van der Waals surface area contributed by atoms with E-state index in [1.54, 1.807) is 0 Å². The third-order valence-electron chi connectivity index (χ3n) is 6.48. The zero-order chi connectivity index (χ0) is 17.1. The van der Waals surface area contributed by atoms with Gasteiger partial charge in [0.25, 0.3) is 0 Å². The molecular weight excluding hydrogens is 294 g/mol. The Balaban J connectivity index is 1.76. The summed E-state index contributed by atoms with van der Waals surface area (Å²) < 4.78 is 0. The Morgan fingerprint density at radius 3 is 2.08 bits per heavy atom. The molecule has 4 saturated carbocycles. The summed E-state index contributed by atoms with van der Waals surface area (Å²) in [6, 6.07) is 4.34. The van der Waals surface area contributed by atoms with Crippen molar-refractivity contribution in [1.82, 2.24) is 0 Å². The van der Waals surface area contributed by atoms with Crippen LogP contribution in [0.5, 0.6) is 5.75 Å². The fourth-order valence-corrected chi connectivity index (χ4v) is 6.01. The van der Waals surface area contributed by atoms with E-state index in [2.05, 4.69) is 44.8 Å². The fraction of sp³-hybridized carbons (Fsp3) is 0.682. The molecule has 0 spiro atoms. The van der Waals surface area contributed by atoms with Gasteiger partial charge >= 0.3 is 0 Å². The van der Waals surface area contributed by atoms with E-state index in [0.29, 0.717) is 5.75 Å². The minimum absolute atomic E-state index is 0.114. The van der Waals surface area contributed by atoms with Gasteiger partial charge in [0, 0.05) is 17.3 Å². The van der Waals surface area contributed by atoms with Crippen LogP contribution in [-0.2, 0) is 5.41 Å². The second-order valence-corrected chi connectivity index (χ2v) is 9.88. The molecule has 4 fully saturated rings. The second-order valence-electron chi connectivity index (χ2n) is 9.88. The van der Waals surface area contributed by atoms with E-state index in [-0.39, 0.29) is 11.0 Å². The van der Waals surface area contributed by atoms with Crippen molar-refractivity contribution in [2.24, 2.45) is 22.7 Å². The largest absolute Gasteiger partial charge is 0.507 e. The lowest BCUT2D eigenvalue weighted by atomic mass is 9.48. The van der Waals surface area contributed by atoms with Gasteiger partial charge in [0.05, 0.1) is 5.54 Å². The van der Waals surface area contributed by atoms with Crippen molar-refractivity contribution in [2.75, 3.05) is 0 Å². The van der Waals surface area contributed by atoms with Gasteiger partial charge in [0.15, 0.2) is 0 Å². The third kappa shape index (κ3) is 2.78. The molecule has 4 bridgehead atoms. The van der Waals surface area contributed by atoms with Crippen LogP contribution in [0.15, 0.2) is 17.1 Å². The molecule has 4 aliphatic carbocycles. The third-order valence-corrected chi connectivity index (χ3v) is 6.48. The summed E-state index contributed by atoms with van der Waals surface area (Å²) in [7, 11) is 0. The van der Waals surface area contributed by atoms with Gasteiger partial charge in [-0.3, -0.25) is 4.99 Å². The first-order valence-electron chi connectivity index (χ1n) is 9.63. The van der Waals surface area contributed by atoms with Crippen LogP contribution >= 0.6 is 0 Å². The Hall–Kier alpha value is -1.31. The van der Waals surface area contributed by atoms with Crippen LogP contribution < -0.4 is 0 Å². The summed E-state index contributed by atoms with van der Waals surface area (Å²) >= 11 is 0. The summed E-state index contributed by atoms with van der Waals surface area (Å²) in [6.45, 7) is 8.43. The smallest absolute Gasteiger partial charge is 0.128 e. The van der Waals surface area contributed by atoms with Gasteiger partial charge in [-0.05, 0) is 101 Å². The quantitative estimate of drug-likeness (QED) is 0.727. The van der Waals surface area contributed by atoms with Crippen molar-refractivity contribution in [1.29, 1.82) is 0 Å². The lowest BCUT2D eigenvalue weighted by Crippen LogP contribution is -2.48. The molecule has 2 heteroatoms. The van der Waals surface area contributed by atoms with Crippen molar-refractivity contribution in [3.05, 3.63) is 28.8 Å². The number of hydrogen-bond donors (Lipinski definition) is 1. The van der Waals surface area contributed by atoms with Gasteiger partial charge in [-0.2, -0.15) is 0 Å². The molecule has 1 N–H and O–H groups in total. The number of nitrogens with zero attached hydrogens (tertiary/aromatic N) is 1. The molecule has 0 amide bonds. The monoisotopic (exact) mass is 325 g/mol. The van der Waals surface area contributed by atoms with Gasteiger partial charge < -0.3 is 5.11 Å². The molecule has 130 valence electrons. The Labute approximate surface area is 146 Å². The van der Waals surface area contributed by atoms with E-state index in [0.717, 1.165) is 23.3 Å². The number of aromatic hydroxyl groups is 1. The average molecular weight is 325 g/mol. The maximum absolute atomic E-state index is 11.1. The number of phenols is 1. The molecule has 24 heavy (non-hydrogen) atoms. The van der Waals surface area contributed by atoms with Crippen molar-refractivity contribution in [3.63, 3.8) is 0 Å². The van der Waals surface area contributed by atoms with Crippen LogP contribution in [-0.4, -0.2) is 16.9 Å². The van der Waals surface area contributed by atoms with Crippen LogP contribution in [0, 0.1) is 24.7 Å². The SMILES string of the molecule is Cc1cc(C=NC(C)(C)C)c(O)c(C23CC4CC(CC(C4)C2)C3)c1. The number of rotatable bonds is 2. The standard InChI is InChI=1S/C22H31NO/c1-14-5-18(13-23-21(2,3)4)20(24)19(6-14)22-10-15-7-16(11-22)9-17(8-15)12-22/h5-6,13,15-17,24H,7-12H2,1-4H3. The van der Waals surface area contributed by atoms with Gasteiger partial charge in [-0.15, -0.1) is 0 Å². The fourth-order valence-electron chi connectivity index (χ4n) is 6.01. The van der Waals surface area contributed by atoms with Crippen LogP contribution in [0.2, 0.25) is 0 Å². The maximum atomic E-state index is 11.1. The molecule has 5 rings (SSSR count). The lowest BCUT2D eigenvalue weighted by molar-refractivity contribution is -0.00616. The van der Waals surface area contributed by atoms with Crippen LogP contribution in [0.1, 0.15) is 76.0 Å². The number of aliphatic imine (C=N–C) groups is 1. The molecule has 0 saturated heterocycles. The van der Waals surface area contributed by atoms with Crippen LogP contribution in [0.3, 0.4) is 0 Å². The Kier molecular flexibility index (Phi) is 3.60. The van der Waals surface area contributed by atoms with E-state index < -0.39 is 0 Å².